The van der Waals surface area contributed by atoms with Crippen LogP contribution < -0.4 is 4.74 Å². The Morgan fingerprint density at radius 3 is 2.56 bits per heavy atom. The average Bonchev–Trinajstić information content (AvgIpc) is 2.37. The summed E-state index contributed by atoms with van der Waals surface area (Å²) in [5, 5.41) is 0. The molecule has 0 aromatic heterocycles. The van der Waals surface area contributed by atoms with E-state index in [1.54, 1.807) is 7.11 Å². The molecule has 2 nitrogen and oxygen atoms in total. The molecule has 0 saturated heterocycles. The number of rotatable bonds is 6. The fourth-order valence-electron chi connectivity index (χ4n) is 2.23. The molecule has 0 aliphatic heterocycles. The second kappa shape index (κ2) is 6.58. The van der Waals surface area contributed by atoms with Gasteiger partial charge in [-0.1, -0.05) is 41.4 Å². The van der Waals surface area contributed by atoms with Gasteiger partial charge in [-0.05, 0) is 30.5 Å². The Bertz CT molecular complexity index is 363. The van der Waals surface area contributed by atoms with Crippen molar-refractivity contribution >= 4 is 15.9 Å². The highest BCUT2D eigenvalue weighted by Crippen LogP contribution is 2.33. The van der Waals surface area contributed by atoms with E-state index in [0.29, 0.717) is 4.83 Å². The van der Waals surface area contributed by atoms with Crippen molar-refractivity contribution < 1.29 is 9.47 Å². The number of methoxy groups -OCH3 is 1. The van der Waals surface area contributed by atoms with Crippen LogP contribution in [-0.2, 0) is 11.2 Å². The number of hydrogen-bond acceptors (Lipinski definition) is 2. The lowest BCUT2D eigenvalue weighted by molar-refractivity contribution is -0.0544. The van der Waals surface area contributed by atoms with Gasteiger partial charge in [-0.2, -0.15) is 0 Å². The van der Waals surface area contributed by atoms with Crippen LogP contribution in [0.3, 0.4) is 0 Å². The van der Waals surface area contributed by atoms with Crippen LogP contribution in [0.5, 0.6) is 5.75 Å². The number of ether oxygens (including phenoxy) is 2. The second-order valence-corrected chi connectivity index (χ2v) is 6.03. The molecule has 0 heterocycles. The highest BCUT2D eigenvalue weighted by molar-refractivity contribution is 9.09. The van der Waals surface area contributed by atoms with Crippen molar-refractivity contribution in [2.24, 2.45) is 0 Å². The molecule has 0 amide bonds. The van der Waals surface area contributed by atoms with Gasteiger partial charge in [-0.25, -0.2) is 0 Å². The minimum atomic E-state index is 0.171. The predicted molar refractivity (Wildman–Crippen MR) is 77.6 cm³/mol. The van der Waals surface area contributed by atoms with Crippen LogP contribution in [-0.4, -0.2) is 24.1 Å². The largest absolute Gasteiger partial charge is 0.488 e. The third kappa shape index (κ3) is 3.27. The van der Waals surface area contributed by atoms with Crippen molar-refractivity contribution in [2.75, 3.05) is 7.11 Å². The summed E-state index contributed by atoms with van der Waals surface area (Å²) in [6.45, 7) is 2.22. The van der Waals surface area contributed by atoms with Gasteiger partial charge in [0.15, 0.2) is 0 Å². The van der Waals surface area contributed by atoms with Crippen LogP contribution in [0.2, 0.25) is 0 Å². The Balaban J connectivity index is 1.86. The van der Waals surface area contributed by atoms with Crippen molar-refractivity contribution in [2.45, 2.75) is 49.6 Å². The summed E-state index contributed by atoms with van der Waals surface area (Å²) >= 11 is 3.58. The molecular formula is C15H21BrO2. The lowest BCUT2D eigenvalue weighted by Gasteiger charge is -2.40. The zero-order valence-corrected chi connectivity index (χ0v) is 12.7. The molecule has 3 heteroatoms. The fraction of sp³-hybridized carbons (Fsp3) is 0.600. The number of aryl methyl sites for hydroxylation is 1. The highest BCUT2D eigenvalue weighted by Gasteiger charge is 2.41. The summed E-state index contributed by atoms with van der Waals surface area (Å²) in [5.41, 5.74) is 1.39. The van der Waals surface area contributed by atoms with Gasteiger partial charge in [0.05, 0.1) is 0 Å². The molecule has 0 radical (unpaired) electrons. The first-order valence-electron chi connectivity index (χ1n) is 6.67. The summed E-state index contributed by atoms with van der Waals surface area (Å²) in [6.07, 6.45) is 5.01. The number of halogens is 1. The van der Waals surface area contributed by atoms with Gasteiger partial charge in [-0.15, -0.1) is 0 Å². The smallest absolute Gasteiger partial charge is 0.127 e. The van der Waals surface area contributed by atoms with Crippen molar-refractivity contribution in [1.29, 1.82) is 0 Å². The summed E-state index contributed by atoms with van der Waals surface area (Å²) < 4.78 is 11.3. The number of hydrogen-bond donors (Lipinski definition) is 0. The molecule has 3 unspecified atom stereocenters. The van der Waals surface area contributed by atoms with Gasteiger partial charge >= 0.3 is 0 Å². The Hall–Kier alpha value is -0.540. The molecule has 18 heavy (non-hydrogen) atoms. The zero-order valence-electron chi connectivity index (χ0n) is 11.1. The molecule has 0 bridgehead atoms. The summed E-state index contributed by atoms with van der Waals surface area (Å²) in [7, 11) is 1.74. The van der Waals surface area contributed by atoms with E-state index in [4.69, 9.17) is 9.47 Å². The summed E-state index contributed by atoms with van der Waals surface area (Å²) in [4.78, 5) is 0.427. The van der Waals surface area contributed by atoms with Crippen LogP contribution >= 0.6 is 15.9 Å². The van der Waals surface area contributed by atoms with Gasteiger partial charge in [0, 0.05) is 18.4 Å². The average molecular weight is 313 g/mol. The molecule has 1 aromatic rings. The Morgan fingerprint density at radius 2 is 2.00 bits per heavy atom. The summed E-state index contributed by atoms with van der Waals surface area (Å²) in [5.74, 6) is 0.946. The van der Waals surface area contributed by atoms with Gasteiger partial charge < -0.3 is 9.47 Å². The molecular weight excluding hydrogens is 292 g/mol. The lowest BCUT2D eigenvalue weighted by Crippen LogP contribution is -2.51. The van der Waals surface area contributed by atoms with Crippen LogP contribution in [0.15, 0.2) is 24.3 Å². The SMILES string of the molecule is CCCCc1ccc(OC2CC(Br)C2OC)cc1. The molecule has 1 saturated carbocycles. The first kappa shape index (κ1) is 13.9. The minimum Gasteiger partial charge on any atom is -0.488 e. The van der Waals surface area contributed by atoms with E-state index in [9.17, 15) is 0 Å². The van der Waals surface area contributed by atoms with E-state index < -0.39 is 0 Å². The van der Waals surface area contributed by atoms with E-state index >= 15 is 0 Å². The third-order valence-corrected chi connectivity index (χ3v) is 4.38. The maximum atomic E-state index is 5.93. The molecule has 0 N–H and O–H groups in total. The van der Waals surface area contributed by atoms with Gasteiger partial charge in [0.1, 0.15) is 18.0 Å². The molecule has 3 atom stereocenters. The zero-order chi connectivity index (χ0) is 13.0. The maximum absolute atomic E-state index is 5.93. The normalized spacial score (nSPS) is 26.7. The Labute approximate surface area is 118 Å². The van der Waals surface area contributed by atoms with E-state index in [1.165, 1.54) is 18.4 Å². The maximum Gasteiger partial charge on any atom is 0.127 e. The minimum absolute atomic E-state index is 0.171. The predicted octanol–water partition coefficient (Wildman–Crippen LogP) is 3.96. The second-order valence-electron chi connectivity index (χ2n) is 4.86. The Morgan fingerprint density at radius 1 is 1.28 bits per heavy atom. The van der Waals surface area contributed by atoms with Gasteiger partial charge in [-0.3, -0.25) is 0 Å². The highest BCUT2D eigenvalue weighted by atomic mass is 79.9. The van der Waals surface area contributed by atoms with E-state index in [0.717, 1.165) is 18.6 Å². The first-order valence-corrected chi connectivity index (χ1v) is 7.58. The van der Waals surface area contributed by atoms with Gasteiger partial charge in [0.2, 0.25) is 0 Å². The van der Waals surface area contributed by atoms with E-state index in [-0.39, 0.29) is 12.2 Å². The topological polar surface area (TPSA) is 18.5 Å². The number of benzene rings is 1. The fourth-order valence-corrected chi connectivity index (χ4v) is 3.16. The number of alkyl halides is 1. The van der Waals surface area contributed by atoms with E-state index in [2.05, 4.69) is 47.1 Å². The molecule has 100 valence electrons. The quantitative estimate of drug-likeness (QED) is 0.740. The molecule has 1 aliphatic rings. The number of unbranched alkanes of at least 4 members (excludes halogenated alkanes) is 1. The Kier molecular flexibility index (Phi) is 5.07. The van der Waals surface area contributed by atoms with E-state index in [1.807, 2.05) is 0 Å². The monoisotopic (exact) mass is 312 g/mol. The molecule has 0 spiro atoms. The molecule has 1 aliphatic carbocycles. The van der Waals surface area contributed by atoms with Crippen LogP contribution in [0.4, 0.5) is 0 Å². The van der Waals surface area contributed by atoms with Crippen molar-refractivity contribution in [3.63, 3.8) is 0 Å². The molecule has 1 aromatic carbocycles. The third-order valence-electron chi connectivity index (χ3n) is 3.48. The summed E-state index contributed by atoms with van der Waals surface area (Å²) in [6, 6.07) is 8.46. The van der Waals surface area contributed by atoms with Crippen molar-refractivity contribution in [3.05, 3.63) is 29.8 Å². The van der Waals surface area contributed by atoms with Crippen molar-refractivity contribution in [1.82, 2.24) is 0 Å². The lowest BCUT2D eigenvalue weighted by atomic mass is 9.91. The first-order chi connectivity index (χ1) is 8.74. The molecule has 2 rings (SSSR count). The van der Waals surface area contributed by atoms with Crippen LogP contribution in [0, 0.1) is 0 Å². The standard InChI is InChI=1S/C15H21BrO2/c1-3-4-5-11-6-8-12(9-7-11)18-14-10-13(16)15(14)17-2/h6-9,13-15H,3-5,10H2,1-2H3. The van der Waals surface area contributed by atoms with Gasteiger partial charge in [0.25, 0.3) is 0 Å². The van der Waals surface area contributed by atoms with Crippen molar-refractivity contribution in [3.8, 4) is 5.75 Å². The van der Waals surface area contributed by atoms with Crippen LogP contribution in [0.25, 0.3) is 0 Å². The molecule has 1 fully saturated rings. The van der Waals surface area contributed by atoms with Crippen LogP contribution in [0.1, 0.15) is 31.7 Å².